The third-order valence-corrected chi connectivity index (χ3v) is 6.82. The SMILES string of the molecule is NC(=O)[C@H]1Cc2ccccc2CN1S(=O)(=O)c1ccccc1Br. The number of amides is 1. The quantitative estimate of drug-likeness (QED) is 0.864. The molecule has 0 saturated heterocycles. The molecule has 7 heteroatoms. The standard InChI is InChI=1S/C16H15BrN2O3S/c17-13-7-3-4-8-15(13)23(21,22)19-10-12-6-2-1-5-11(12)9-14(19)16(18)20/h1-8,14H,9-10H2,(H2,18,20)/t14-/m1/s1. The van der Waals surface area contributed by atoms with Crippen LogP contribution in [0.3, 0.4) is 0 Å². The number of benzene rings is 2. The summed E-state index contributed by atoms with van der Waals surface area (Å²) < 4.78 is 27.7. The fourth-order valence-electron chi connectivity index (χ4n) is 2.77. The van der Waals surface area contributed by atoms with Gasteiger partial charge >= 0.3 is 0 Å². The predicted molar refractivity (Wildman–Crippen MR) is 90.0 cm³/mol. The molecule has 0 aromatic heterocycles. The molecule has 2 N–H and O–H groups in total. The van der Waals surface area contributed by atoms with E-state index in [0.29, 0.717) is 4.47 Å². The molecule has 0 saturated carbocycles. The minimum absolute atomic E-state index is 0.130. The van der Waals surface area contributed by atoms with Crippen molar-refractivity contribution >= 4 is 31.9 Å². The molecule has 0 bridgehead atoms. The van der Waals surface area contributed by atoms with Gasteiger partial charge in [0.2, 0.25) is 15.9 Å². The zero-order valence-corrected chi connectivity index (χ0v) is 14.5. The number of hydrogen-bond donors (Lipinski definition) is 1. The number of carbonyl (C=O) groups is 1. The van der Waals surface area contributed by atoms with Gasteiger partial charge in [-0.2, -0.15) is 4.31 Å². The number of carbonyl (C=O) groups excluding carboxylic acids is 1. The van der Waals surface area contributed by atoms with Crippen LogP contribution in [-0.2, 0) is 27.8 Å². The van der Waals surface area contributed by atoms with Crippen molar-refractivity contribution < 1.29 is 13.2 Å². The Morgan fingerprint density at radius 2 is 1.70 bits per heavy atom. The molecular formula is C16H15BrN2O3S. The first-order valence-corrected chi connectivity index (χ1v) is 9.27. The zero-order valence-electron chi connectivity index (χ0n) is 12.1. The van der Waals surface area contributed by atoms with Crippen molar-refractivity contribution in [3.05, 3.63) is 64.1 Å². The highest BCUT2D eigenvalue weighted by atomic mass is 79.9. The maximum absolute atomic E-state index is 13.0. The summed E-state index contributed by atoms with van der Waals surface area (Å²) in [5, 5.41) is 0. The molecule has 0 fully saturated rings. The van der Waals surface area contributed by atoms with Gasteiger partial charge in [-0.3, -0.25) is 4.79 Å². The molecule has 5 nitrogen and oxygen atoms in total. The van der Waals surface area contributed by atoms with Gasteiger partial charge in [-0.15, -0.1) is 0 Å². The Bertz CT molecular complexity index is 867. The highest BCUT2D eigenvalue weighted by Crippen LogP contribution is 2.31. The Labute approximate surface area is 143 Å². The maximum Gasteiger partial charge on any atom is 0.245 e. The fraction of sp³-hybridized carbons (Fsp3) is 0.188. The van der Waals surface area contributed by atoms with Gasteiger partial charge in [0.25, 0.3) is 0 Å². The van der Waals surface area contributed by atoms with E-state index in [9.17, 15) is 13.2 Å². The molecule has 1 amide bonds. The summed E-state index contributed by atoms with van der Waals surface area (Å²) in [7, 11) is -3.84. The Kier molecular flexibility index (Phi) is 4.27. The molecule has 1 heterocycles. The van der Waals surface area contributed by atoms with Gasteiger partial charge in [-0.1, -0.05) is 36.4 Å². The largest absolute Gasteiger partial charge is 0.368 e. The summed E-state index contributed by atoms with van der Waals surface area (Å²) >= 11 is 3.27. The second-order valence-electron chi connectivity index (χ2n) is 5.37. The van der Waals surface area contributed by atoms with Gasteiger partial charge in [-0.25, -0.2) is 8.42 Å². The number of primary amides is 1. The van der Waals surface area contributed by atoms with E-state index in [-0.39, 0.29) is 17.9 Å². The van der Waals surface area contributed by atoms with Gasteiger partial charge in [0.15, 0.2) is 0 Å². The average molecular weight is 395 g/mol. The summed E-state index contributed by atoms with van der Waals surface area (Å²) in [4.78, 5) is 12.0. The van der Waals surface area contributed by atoms with E-state index in [1.54, 1.807) is 18.2 Å². The van der Waals surface area contributed by atoms with Gasteiger partial charge < -0.3 is 5.73 Å². The number of hydrogen-bond acceptors (Lipinski definition) is 3. The molecule has 2 aromatic carbocycles. The van der Waals surface area contributed by atoms with E-state index < -0.39 is 22.0 Å². The lowest BCUT2D eigenvalue weighted by Gasteiger charge is -2.34. The Morgan fingerprint density at radius 3 is 2.35 bits per heavy atom. The molecule has 120 valence electrons. The molecular weight excluding hydrogens is 380 g/mol. The van der Waals surface area contributed by atoms with Crippen molar-refractivity contribution in [2.24, 2.45) is 5.73 Å². The van der Waals surface area contributed by atoms with Crippen LogP contribution in [0.4, 0.5) is 0 Å². The van der Waals surface area contributed by atoms with Crippen LogP contribution < -0.4 is 5.73 Å². The van der Waals surface area contributed by atoms with Crippen molar-refractivity contribution in [3.8, 4) is 0 Å². The van der Waals surface area contributed by atoms with Crippen molar-refractivity contribution in [2.75, 3.05) is 0 Å². The molecule has 0 spiro atoms. The topological polar surface area (TPSA) is 80.5 Å². The lowest BCUT2D eigenvalue weighted by atomic mass is 9.96. The maximum atomic E-state index is 13.0. The molecule has 2 aromatic rings. The van der Waals surface area contributed by atoms with Crippen LogP contribution in [0.5, 0.6) is 0 Å². The summed E-state index contributed by atoms with van der Waals surface area (Å²) in [6, 6.07) is 13.2. The highest BCUT2D eigenvalue weighted by Gasteiger charge is 2.39. The third kappa shape index (κ3) is 2.91. The van der Waals surface area contributed by atoms with E-state index >= 15 is 0 Å². The van der Waals surface area contributed by atoms with E-state index in [4.69, 9.17) is 5.73 Å². The smallest absolute Gasteiger partial charge is 0.245 e. The number of sulfonamides is 1. The minimum Gasteiger partial charge on any atom is -0.368 e. The van der Waals surface area contributed by atoms with Gasteiger partial charge in [0.1, 0.15) is 6.04 Å². The number of nitrogens with two attached hydrogens (primary N) is 1. The Balaban J connectivity index is 2.10. The number of fused-ring (bicyclic) bond motifs is 1. The lowest BCUT2D eigenvalue weighted by molar-refractivity contribution is -0.122. The molecule has 1 aliphatic rings. The number of nitrogens with zero attached hydrogens (tertiary/aromatic N) is 1. The van der Waals surface area contributed by atoms with Crippen LogP contribution in [0.1, 0.15) is 11.1 Å². The van der Waals surface area contributed by atoms with Crippen LogP contribution in [0.25, 0.3) is 0 Å². The predicted octanol–water partition coefficient (Wildman–Crippen LogP) is 2.05. The van der Waals surface area contributed by atoms with E-state index in [0.717, 1.165) is 11.1 Å². The molecule has 0 unspecified atom stereocenters. The summed E-state index contributed by atoms with van der Waals surface area (Å²) in [6.07, 6.45) is 0.287. The Morgan fingerprint density at radius 1 is 1.09 bits per heavy atom. The van der Waals surface area contributed by atoms with E-state index in [2.05, 4.69) is 15.9 Å². The zero-order chi connectivity index (χ0) is 16.6. The van der Waals surface area contributed by atoms with Gasteiger partial charge in [0, 0.05) is 11.0 Å². The average Bonchev–Trinajstić information content (AvgIpc) is 2.53. The molecule has 0 aliphatic carbocycles. The van der Waals surface area contributed by atoms with Crippen LogP contribution in [0.2, 0.25) is 0 Å². The van der Waals surface area contributed by atoms with E-state index in [1.165, 1.54) is 10.4 Å². The van der Waals surface area contributed by atoms with Gasteiger partial charge in [0.05, 0.1) is 4.90 Å². The normalized spacial score (nSPS) is 18.4. The van der Waals surface area contributed by atoms with Crippen LogP contribution in [0, 0.1) is 0 Å². The summed E-state index contributed by atoms with van der Waals surface area (Å²) in [5.74, 6) is -0.643. The van der Waals surface area contributed by atoms with E-state index in [1.807, 2.05) is 24.3 Å². The molecule has 0 radical (unpaired) electrons. The van der Waals surface area contributed by atoms with Crippen molar-refractivity contribution in [1.82, 2.24) is 4.31 Å². The van der Waals surface area contributed by atoms with Crippen LogP contribution >= 0.6 is 15.9 Å². The monoisotopic (exact) mass is 394 g/mol. The second-order valence-corrected chi connectivity index (χ2v) is 8.08. The molecule has 23 heavy (non-hydrogen) atoms. The number of halogens is 1. The summed E-state index contributed by atoms with van der Waals surface area (Å²) in [6.45, 7) is 0.132. The molecule has 1 atom stereocenters. The fourth-order valence-corrected chi connectivity index (χ4v) is 5.31. The molecule has 1 aliphatic heterocycles. The van der Waals surface area contributed by atoms with Gasteiger partial charge in [-0.05, 0) is 45.6 Å². The summed E-state index contributed by atoms with van der Waals surface area (Å²) in [5.41, 5.74) is 7.31. The van der Waals surface area contributed by atoms with Crippen molar-refractivity contribution in [1.29, 1.82) is 0 Å². The third-order valence-electron chi connectivity index (χ3n) is 3.96. The number of rotatable bonds is 3. The van der Waals surface area contributed by atoms with Crippen LogP contribution in [-0.4, -0.2) is 24.7 Å². The van der Waals surface area contributed by atoms with Crippen molar-refractivity contribution in [2.45, 2.75) is 23.9 Å². The van der Waals surface area contributed by atoms with Crippen molar-refractivity contribution in [3.63, 3.8) is 0 Å². The molecule has 3 rings (SSSR count). The van der Waals surface area contributed by atoms with Crippen LogP contribution in [0.15, 0.2) is 57.9 Å². The first-order chi connectivity index (χ1) is 10.9. The Hall–Kier alpha value is -1.70. The lowest BCUT2D eigenvalue weighted by Crippen LogP contribution is -2.51. The first kappa shape index (κ1) is 16.2. The minimum atomic E-state index is -3.84. The second kappa shape index (κ2) is 6.07. The highest BCUT2D eigenvalue weighted by molar-refractivity contribution is 9.10. The first-order valence-electron chi connectivity index (χ1n) is 7.03.